The van der Waals surface area contributed by atoms with E-state index in [1.165, 1.54) is 32.2 Å². The number of morpholine rings is 1. The molecule has 0 aromatic carbocycles. The van der Waals surface area contributed by atoms with E-state index in [1.54, 1.807) is 0 Å². The first-order valence-corrected chi connectivity index (χ1v) is 5.86. The Morgan fingerprint density at radius 1 is 1.29 bits per heavy atom. The van der Waals surface area contributed by atoms with Gasteiger partial charge < -0.3 is 10.5 Å². The largest absolute Gasteiger partial charge is 0.379 e. The highest BCUT2D eigenvalue weighted by atomic mass is 16.5. The van der Waals surface area contributed by atoms with Crippen molar-refractivity contribution in [3.8, 4) is 0 Å². The lowest BCUT2D eigenvalue weighted by molar-refractivity contribution is -0.000911. The highest BCUT2D eigenvalue weighted by Gasteiger charge is 2.17. The van der Waals surface area contributed by atoms with Gasteiger partial charge in [-0.25, -0.2) is 0 Å². The van der Waals surface area contributed by atoms with Gasteiger partial charge in [-0.05, 0) is 32.9 Å². The molecule has 1 aliphatic heterocycles. The van der Waals surface area contributed by atoms with E-state index >= 15 is 0 Å². The van der Waals surface area contributed by atoms with Crippen LogP contribution >= 0.6 is 0 Å². The summed E-state index contributed by atoms with van der Waals surface area (Å²) >= 11 is 0. The molecule has 1 aliphatic rings. The second-order valence-electron chi connectivity index (χ2n) is 4.16. The van der Waals surface area contributed by atoms with Crippen LogP contribution in [-0.2, 0) is 4.74 Å². The van der Waals surface area contributed by atoms with Gasteiger partial charge >= 0.3 is 0 Å². The van der Waals surface area contributed by atoms with Crippen molar-refractivity contribution < 1.29 is 4.74 Å². The van der Waals surface area contributed by atoms with Crippen LogP contribution in [0.1, 0.15) is 32.6 Å². The SMILES string of the molecule is CC1COCCN1CCCCCCN. The van der Waals surface area contributed by atoms with Crippen LogP contribution < -0.4 is 5.73 Å². The highest BCUT2D eigenvalue weighted by molar-refractivity contribution is 4.70. The van der Waals surface area contributed by atoms with Crippen molar-refractivity contribution in [2.24, 2.45) is 5.73 Å². The molecule has 1 saturated heterocycles. The molecule has 0 amide bonds. The maximum absolute atomic E-state index is 5.45. The third-order valence-corrected chi connectivity index (χ3v) is 2.90. The number of unbranched alkanes of at least 4 members (excludes halogenated alkanes) is 3. The molecular formula is C11H24N2O. The topological polar surface area (TPSA) is 38.5 Å². The van der Waals surface area contributed by atoms with Crippen LogP contribution in [0.25, 0.3) is 0 Å². The summed E-state index contributed by atoms with van der Waals surface area (Å²) in [5, 5.41) is 0. The minimum atomic E-state index is 0.609. The molecule has 1 unspecified atom stereocenters. The van der Waals surface area contributed by atoms with Crippen molar-refractivity contribution in [3.63, 3.8) is 0 Å². The second kappa shape index (κ2) is 7.21. The molecule has 2 N–H and O–H groups in total. The predicted octanol–water partition coefficient (Wildman–Crippen LogP) is 1.23. The van der Waals surface area contributed by atoms with E-state index in [4.69, 9.17) is 10.5 Å². The first-order valence-electron chi connectivity index (χ1n) is 5.86. The maximum atomic E-state index is 5.45. The third-order valence-electron chi connectivity index (χ3n) is 2.90. The fourth-order valence-corrected chi connectivity index (χ4v) is 1.91. The van der Waals surface area contributed by atoms with Crippen molar-refractivity contribution in [2.75, 3.05) is 32.8 Å². The lowest BCUT2D eigenvalue weighted by Gasteiger charge is -2.33. The van der Waals surface area contributed by atoms with Gasteiger partial charge in [0.05, 0.1) is 13.2 Å². The number of hydrogen-bond acceptors (Lipinski definition) is 3. The molecule has 84 valence electrons. The average molecular weight is 200 g/mol. The Hall–Kier alpha value is -0.120. The normalized spacial score (nSPS) is 24.0. The van der Waals surface area contributed by atoms with E-state index in [1.807, 2.05) is 0 Å². The Labute approximate surface area is 87.6 Å². The van der Waals surface area contributed by atoms with Crippen LogP contribution in [0.15, 0.2) is 0 Å². The van der Waals surface area contributed by atoms with Crippen molar-refractivity contribution in [1.29, 1.82) is 0 Å². The molecule has 0 aromatic heterocycles. The quantitative estimate of drug-likeness (QED) is 0.655. The predicted molar refractivity (Wildman–Crippen MR) is 59.4 cm³/mol. The molecule has 0 aliphatic carbocycles. The first-order chi connectivity index (χ1) is 6.84. The van der Waals surface area contributed by atoms with Crippen LogP contribution in [0.4, 0.5) is 0 Å². The zero-order chi connectivity index (χ0) is 10.2. The molecule has 0 aromatic rings. The molecule has 0 saturated carbocycles. The molecule has 1 fully saturated rings. The van der Waals surface area contributed by atoms with E-state index in [2.05, 4.69) is 11.8 Å². The van der Waals surface area contributed by atoms with Gasteiger partial charge in [0.1, 0.15) is 0 Å². The molecule has 1 rings (SSSR count). The van der Waals surface area contributed by atoms with Gasteiger partial charge in [0, 0.05) is 12.6 Å². The fourth-order valence-electron chi connectivity index (χ4n) is 1.91. The zero-order valence-electron chi connectivity index (χ0n) is 9.37. The summed E-state index contributed by atoms with van der Waals surface area (Å²) in [5.74, 6) is 0. The van der Waals surface area contributed by atoms with E-state index < -0.39 is 0 Å². The maximum Gasteiger partial charge on any atom is 0.0619 e. The average Bonchev–Trinajstić information content (AvgIpc) is 2.20. The van der Waals surface area contributed by atoms with Crippen molar-refractivity contribution in [2.45, 2.75) is 38.6 Å². The number of nitrogens with two attached hydrogens (primary N) is 1. The molecule has 0 spiro atoms. The second-order valence-corrected chi connectivity index (χ2v) is 4.16. The summed E-state index contributed by atoms with van der Waals surface area (Å²) in [5.41, 5.74) is 5.45. The summed E-state index contributed by atoms with van der Waals surface area (Å²) in [6, 6.07) is 0.609. The van der Waals surface area contributed by atoms with E-state index in [9.17, 15) is 0 Å². The Bertz CT molecular complexity index is 141. The van der Waals surface area contributed by atoms with E-state index in [0.717, 1.165) is 26.3 Å². The van der Waals surface area contributed by atoms with Gasteiger partial charge in [-0.2, -0.15) is 0 Å². The van der Waals surface area contributed by atoms with Gasteiger partial charge in [0.2, 0.25) is 0 Å². The van der Waals surface area contributed by atoms with Crippen molar-refractivity contribution in [1.82, 2.24) is 4.90 Å². The molecular weight excluding hydrogens is 176 g/mol. The number of hydrogen-bond donors (Lipinski definition) is 1. The minimum Gasteiger partial charge on any atom is -0.379 e. The number of rotatable bonds is 6. The standard InChI is InChI=1S/C11H24N2O/c1-11-10-14-9-8-13(11)7-5-3-2-4-6-12/h11H,2-10,12H2,1H3. The van der Waals surface area contributed by atoms with E-state index in [-0.39, 0.29) is 0 Å². The van der Waals surface area contributed by atoms with Crippen LogP contribution in [0.5, 0.6) is 0 Å². The summed E-state index contributed by atoms with van der Waals surface area (Å²) in [6.07, 6.45) is 5.10. The monoisotopic (exact) mass is 200 g/mol. The molecule has 1 atom stereocenters. The lowest BCUT2D eigenvalue weighted by Crippen LogP contribution is -2.43. The Morgan fingerprint density at radius 2 is 2.07 bits per heavy atom. The number of ether oxygens (including phenoxy) is 1. The Kier molecular flexibility index (Phi) is 6.15. The third kappa shape index (κ3) is 4.40. The number of nitrogens with zero attached hydrogens (tertiary/aromatic N) is 1. The Morgan fingerprint density at radius 3 is 2.79 bits per heavy atom. The molecule has 1 heterocycles. The fraction of sp³-hybridized carbons (Fsp3) is 1.00. The summed E-state index contributed by atoms with van der Waals surface area (Å²) in [7, 11) is 0. The molecule has 0 radical (unpaired) electrons. The summed E-state index contributed by atoms with van der Waals surface area (Å²) < 4.78 is 5.40. The van der Waals surface area contributed by atoms with Gasteiger partial charge in [-0.15, -0.1) is 0 Å². The zero-order valence-corrected chi connectivity index (χ0v) is 9.37. The first kappa shape index (κ1) is 12.0. The molecule has 3 heteroatoms. The van der Waals surface area contributed by atoms with Crippen molar-refractivity contribution >= 4 is 0 Å². The lowest BCUT2D eigenvalue weighted by atomic mass is 10.1. The van der Waals surface area contributed by atoms with Gasteiger partial charge in [-0.1, -0.05) is 12.8 Å². The van der Waals surface area contributed by atoms with Crippen molar-refractivity contribution in [3.05, 3.63) is 0 Å². The van der Waals surface area contributed by atoms with Crippen LogP contribution in [0, 0.1) is 0 Å². The molecule has 3 nitrogen and oxygen atoms in total. The molecule has 0 bridgehead atoms. The summed E-state index contributed by atoms with van der Waals surface area (Å²) in [6.45, 7) is 7.25. The van der Waals surface area contributed by atoms with Crippen LogP contribution in [0.3, 0.4) is 0 Å². The van der Waals surface area contributed by atoms with E-state index in [0.29, 0.717) is 6.04 Å². The highest BCUT2D eigenvalue weighted by Crippen LogP contribution is 2.08. The van der Waals surface area contributed by atoms with Crippen LogP contribution in [-0.4, -0.2) is 43.8 Å². The Balaban J connectivity index is 1.99. The van der Waals surface area contributed by atoms with Gasteiger partial charge in [-0.3, -0.25) is 4.90 Å². The van der Waals surface area contributed by atoms with Crippen LogP contribution in [0.2, 0.25) is 0 Å². The smallest absolute Gasteiger partial charge is 0.0619 e. The minimum absolute atomic E-state index is 0.609. The van der Waals surface area contributed by atoms with Gasteiger partial charge in [0.15, 0.2) is 0 Å². The molecule has 14 heavy (non-hydrogen) atoms. The van der Waals surface area contributed by atoms with Gasteiger partial charge in [0.25, 0.3) is 0 Å². The summed E-state index contributed by atoms with van der Waals surface area (Å²) in [4.78, 5) is 2.53.